The first-order valence-corrected chi connectivity index (χ1v) is 13.6. The number of hydrogen-bond donors (Lipinski definition) is 0. The van der Waals surface area contributed by atoms with Crippen molar-refractivity contribution in [1.82, 2.24) is 9.80 Å². The van der Waals surface area contributed by atoms with Crippen LogP contribution in [-0.4, -0.2) is 55.5 Å². The van der Waals surface area contributed by atoms with E-state index in [9.17, 15) is 4.79 Å². The third-order valence-electron chi connectivity index (χ3n) is 7.78. The lowest BCUT2D eigenvalue weighted by molar-refractivity contribution is -0.131. The molecule has 1 amide bonds. The molecule has 37 heavy (non-hydrogen) atoms. The summed E-state index contributed by atoms with van der Waals surface area (Å²) in [6, 6.07) is 23.2. The fourth-order valence-electron chi connectivity index (χ4n) is 5.36. The van der Waals surface area contributed by atoms with Crippen LogP contribution in [0, 0.1) is 0 Å². The van der Waals surface area contributed by atoms with Gasteiger partial charge in [-0.15, -0.1) is 0 Å². The van der Waals surface area contributed by atoms with Crippen LogP contribution in [0.3, 0.4) is 0 Å². The molecule has 5 nitrogen and oxygen atoms in total. The largest absolute Gasteiger partial charge is 0.489 e. The highest BCUT2D eigenvalue weighted by molar-refractivity contribution is 5.80. The van der Waals surface area contributed by atoms with E-state index < -0.39 is 0 Å². The molecule has 0 radical (unpaired) electrons. The van der Waals surface area contributed by atoms with Crippen molar-refractivity contribution in [3.63, 3.8) is 0 Å². The van der Waals surface area contributed by atoms with Crippen LogP contribution in [0.15, 0.2) is 66.7 Å². The van der Waals surface area contributed by atoms with Crippen molar-refractivity contribution in [2.45, 2.75) is 45.8 Å². The summed E-state index contributed by atoms with van der Waals surface area (Å²) in [7, 11) is 2.18. The molecule has 1 saturated heterocycles. The zero-order valence-corrected chi connectivity index (χ0v) is 22.5. The van der Waals surface area contributed by atoms with E-state index in [0.29, 0.717) is 25.5 Å². The molecule has 0 unspecified atom stereocenters. The van der Waals surface area contributed by atoms with Crippen LogP contribution in [0.5, 0.6) is 5.75 Å². The Kier molecular flexibility index (Phi) is 7.80. The number of carbonyl (C=O) groups is 1. The molecule has 0 atom stereocenters. The second kappa shape index (κ2) is 11.4. The molecule has 0 aromatic heterocycles. The average Bonchev–Trinajstić information content (AvgIpc) is 2.93. The molecule has 0 aliphatic carbocycles. The SMILES string of the molecule is CC(C)c1ccc(CC(=O)N2CCc3c(OCc4ccccc4)ccc(N4CCN(C)CC4)c3C2)cc1. The molecule has 194 valence electrons. The topological polar surface area (TPSA) is 36.0 Å². The molecular formula is C32H39N3O2. The number of ether oxygens (including phenoxy) is 1. The monoisotopic (exact) mass is 497 g/mol. The van der Waals surface area contributed by atoms with Gasteiger partial charge in [-0.05, 0) is 48.2 Å². The highest BCUT2D eigenvalue weighted by atomic mass is 16.5. The van der Waals surface area contributed by atoms with E-state index in [2.05, 4.69) is 79.2 Å². The van der Waals surface area contributed by atoms with Crippen LogP contribution < -0.4 is 9.64 Å². The Morgan fingerprint density at radius 3 is 2.27 bits per heavy atom. The maximum Gasteiger partial charge on any atom is 0.227 e. The number of benzene rings is 3. The van der Waals surface area contributed by atoms with Crippen LogP contribution in [0.1, 0.15) is 47.6 Å². The maximum absolute atomic E-state index is 13.4. The van der Waals surface area contributed by atoms with Crippen molar-refractivity contribution in [1.29, 1.82) is 0 Å². The normalized spacial score (nSPS) is 16.1. The molecule has 0 saturated carbocycles. The van der Waals surface area contributed by atoms with Gasteiger partial charge >= 0.3 is 0 Å². The van der Waals surface area contributed by atoms with Gasteiger partial charge in [-0.25, -0.2) is 0 Å². The Bertz CT molecular complexity index is 1200. The second-order valence-electron chi connectivity index (χ2n) is 10.7. The zero-order chi connectivity index (χ0) is 25.8. The van der Waals surface area contributed by atoms with Gasteiger partial charge in [0.15, 0.2) is 0 Å². The summed E-state index contributed by atoms with van der Waals surface area (Å²) in [5.41, 5.74) is 7.33. The van der Waals surface area contributed by atoms with Crippen molar-refractivity contribution in [2.75, 3.05) is 44.7 Å². The Balaban J connectivity index is 1.36. The standard InChI is InChI=1S/C32H39N3O2/c1-24(2)27-11-9-25(10-12-27)21-32(36)35-16-15-28-29(22-35)30(34-19-17-33(3)18-20-34)13-14-31(28)37-23-26-7-5-4-6-8-26/h4-14,24H,15-23H2,1-3H3. The van der Waals surface area contributed by atoms with Crippen LogP contribution >= 0.6 is 0 Å². The number of amides is 1. The molecule has 5 rings (SSSR count). The van der Waals surface area contributed by atoms with Gasteiger partial charge in [0, 0.05) is 56.1 Å². The van der Waals surface area contributed by atoms with E-state index in [1.807, 2.05) is 23.1 Å². The molecule has 0 bridgehead atoms. The van der Waals surface area contributed by atoms with Gasteiger partial charge in [0.1, 0.15) is 12.4 Å². The molecule has 2 aliphatic rings. The van der Waals surface area contributed by atoms with Gasteiger partial charge in [0.25, 0.3) is 0 Å². The van der Waals surface area contributed by atoms with E-state index in [1.54, 1.807) is 0 Å². The van der Waals surface area contributed by atoms with Gasteiger partial charge in [0.05, 0.1) is 6.42 Å². The lowest BCUT2D eigenvalue weighted by atomic mass is 9.95. The minimum atomic E-state index is 0.197. The number of fused-ring (bicyclic) bond motifs is 1. The molecule has 2 aliphatic heterocycles. The summed E-state index contributed by atoms with van der Waals surface area (Å²) in [6.07, 6.45) is 1.26. The minimum absolute atomic E-state index is 0.197. The van der Waals surface area contributed by atoms with E-state index in [-0.39, 0.29) is 5.91 Å². The van der Waals surface area contributed by atoms with Gasteiger partial charge in [0.2, 0.25) is 5.91 Å². The smallest absolute Gasteiger partial charge is 0.227 e. The highest BCUT2D eigenvalue weighted by Gasteiger charge is 2.28. The molecule has 5 heteroatoms. The predicted molar refractivity (Wildman–Crippen MR) is 150 cm³/mol. The second-order valence-corrected chi connectivity index (χ2v) is 10.7. The van der Waals surface area contributed by atoms with E-state index in [1.165, 1.54) is 22.4 Å². The van der Waals surface area contributed by atoms with Crippen molar-refractivity contribution in [3.05, 3.63) is 94.5 Å². The zero-order valence-electron chi connectivity index (χ0n) is 22.5. The van der Waals surface area contributed by atoms with Crippen LogP contribution in [-0.2, 0) is 30.8 Å². The van der Waals surface area contributed by atoms with Crippen molar-refractivity contribution in [3.8, 4) is 5.75 Å². The Morgan fingerprint density at radius 1 is 0.838 bits per heavy atom. The van der Waals surface area contributed by atoms with E-state index >= 15 is 0 Å². The summed E-state index contributed by atoms with van der Waals surface area (Å²) in [5, 5.41) is 0. The molecule has 3 aromatic rings. The third kappa shape index (κ3) is 5.99. The average molecular weight is 498 g/mol. The summed E-state index contributed by atoms with van der Waals surface area (Å²) in [5.74, 6) is 1.64. The number of hydrogen-bond acceptors (Lipinski definition) is 4. The van der Waals surface area contributed by atoms with E-state index in [4.69, 9.17) is 4.74 Å². The van der Waals surface area contributed by atoms with Gasteiger partial charge < -0.3 is 19.4 Å². The first-order valence-electron chi connectivity index (χ1n) is 13.6. The first kappa shape index (κ1) is 25.3. The third-order valence-corrected chi connectivity index (χ3v) is 7.78. The van der Waals surface area contributed by atoms with Gasteiger partial charge in [-0.3, -0.25) is 4.79 Å². The summed E-state index contributed by atoms with van der Waals surface area (Å²) < 4.78 is 6.34. The summed E-state index contributed by atoms with van der Waals surface area (Å²) in [6.45, 7) is 10.4. The number of nitrogens with zero attached hydrogens (tertiary/aromatic N) is 3. The van der Waals surface area contributed by atoms with Gasteiger partial charge in [-0.1, -0.05) is 68.4 Å². The lowest BCUT2D eigenvalue weighted by Crippen LogP contribution is -2.45. The van der Waals surface area contributed by atoms with Crippen LogP contribution in [0.25, 0.3) is 0 Å². The first-order chi connectivity index (χ1) is 18.0. The highest BCUT2D eigenvalue weighted by Crippen LogP contribution is 2.36. The predicted octanol–water partition coefficient (Wildman–Crippen LogP) is 5.27. The van der Waals surface area contributed by atoms with Crippen LogP contribution in [0.2, 0.25) is 0 Å². The number of anilines is 1. The Hall–Kier alpha value is -3.31. The lowest BCUT2D eigenvalue weighted by Gasteiger charge is -2.38. The fourth-order valence-corrected chi connectivity index (χ4v) is 5.36. The van der Waals surface area contributed by atoms with Crippen molar-refractivity contribution in [2.24, 2.45) is 0 Å². The number of likely N-dealkylation sites (N-methyl/N-ethyl adjacent to an activating group) is 1. The summed E-state index contributed by atoms with van der Waals surface area (Å²) in [4.78, 5) is 20.3. The Labute approximate surface area is 221 Å². The maximum atomic E-state index is 13.4. The molecule has 3 aromatic carbocycles. The minimum Gasteiger partial charge on any atom is -0.489 e. The number of carbonyl (C=O) groups excluding carboxylic acids is 1. The van der Waals surface area contributed by atoms with Crippen molar-refractivity contribution < 1.29 is 9.53 Å². The number of rotatable bonds is 7. The molecule has 1 fully saturated rings. The van der Waals surface area contributed by atoms with Crippen LogP contribution in [0.4, 0.5) is 5.69 Å². The molecular weight excluding hydrogens is 458 g/mol. The molecule has 0 spiro atoms. The Morgan fingerprint density at radius 2 is 1.57 bits per heavy atom. The summed E-state index contributed by atoms with van der Waals surface area (Å²) >= 11 is 0. The fraction of sp³-hybridized carbons (Fsp3) is 0.406. The quantitative estimate of drug-likeness (QED) is 0.446. The van der Waals surface area contributed by atoms with E-state index in [0.717, 1.165) is 56.0 Å². The molecule has 2 heterocycles. The van der Waals surface area contributed by atoms with Gasteiger partial charge in [-0.2, -0.15) is 0 Å². The van der Waals surface area contributed by atoms with Crippen molar-refractivity contribution >= 4 is 11.6 Å². The molecule has 0 N–H and O–H groups in total. The number of piperazine rings is 1.